The maximum atomic E-state index is 8.99. The summed E-state index contributed by atoms with van der Waals surface area (Å²) < 4.78 is 3.87. The lowest BCUT2D eigenvalue weighted by Gasteiger charge is -2.23. The van der Waals surface area contributed by atoms with E-state index in [4.69, 9.17) is 5.11 Å². The van der Waals surface area contributed by atoms with Crippen molar-refractivity contribution in [2.24, 2.45) is 9.81 Å². The zero-order chi connectivity index (χ0) is 7.78. The van der Waals surface area contributed by atoms with E-state index in [0.717, 1.165) is 6.42 Å². The predicted molar refractivity (Wildman–Crippen MR) is 45.5 cm³/mol. The summed E-state index contributed by atoms with van der Waals surface area (Å²) in [6.07, 6.45) is 0.730. The van der Waals surface area contributed by atoms with Gasteiger partial charge in [0.1, 0.15) is 0 Å². The summed E-state index contributed by atoms with van der Waals surface area (Å²) in [7, 11) is 0. The van der Waals surface area contributed by atoms with Crippen molar-refractivity contribution >= 4 is 17.8 Å². The molecule has 1 unspecified atom stereocenters. The van der Waals surface area contributed by atoms with Crippen molar-refractivity contribution in [1.29, 1.82) is 0 Å². The molecule has 58 valence electrons. The van der Waals surface area contributed by atoms with E-state index in [1.54, 1.807) is 0 Å². The Balaban J connectivity index is 2.50. The minimum absolute atomic E-state index is 0.249. The summed E-state index contributed by atoms with van der Waals surface area (Å²) in [5.74, 6) is 0.296. The van der Waals surface area contributed by atoms with E-state index in [-0.39, 0.29) is 5.41 Å². The SMILES string of the molecule is CC(C)(C)C1CC(O)=NS1. The molecule has 1 atom stereocenters. The van der Waals surface area contributed by atoms with Crippen molar-refractivity contribution < 1.29 is 5.11 Å². The largest absolute Gasteiger partial charge is 0.496 e. The summed E-state index contributed by atoms with van der Waals surface area (Å²) in [6.45, 7) is 6.50. The van der Waals surface area contributed by atoms with Gasteiger partial charge in [0.25, 0.3) is 0 Å². The molecule has 1 aliphatic rings. The van der Waals surface area contributed by atoms with Crippen LogP contribution in [0.2, 0.25) is 0 Å². The molecule has 0 aromatic heterocycles. The third-order valence-corrected chi connectivity index (χ3v) is 3.06. The van der Waals surface area contributed by atoms with Gasteiger partial charge in [-0.15, -0.1) is 0 Å². The highest BCUT2D eigenvalue weighted by molar-refractivity contribution is 7.99. The molecule has 0 amide bonds. The van der Waals surface area contributed by atoms with Crippen LogP contribution in [0.1, 0.15) is 27.2 Å². The van der Waals surface area contributed by atoms with Crippen LogP contribution in [-0.2, 0) is 0 Å². The molecule has 1 aliphatic heterocycles. The van der Waals surface area contributed by atoms with Crippen LogP contribution in [-0.4, -0.2) is 16.3 Å². The fourth-order valence-electron chi connectivity index (χ4n) is 0.829. The maximum Gasteiger partial charge on any atom is 0.193 e. The Bertz CT molecular complexity index is 159. The molecular weight excluding hydrogens is 146 g/mol. The molecule has 0 aromatic carbocycles. The molecule has 0 saturated carbocycles. The van der Waals surface area contributed by atoms with Gasteiger partial charge >= 0.3 is 0 Å². The minimum atomic E-state index is 0.249. The molecule has 1 heterocycles. The molecule has 0 fully saturated rings. The summed E-state index contributed by atoms with van der Waals surface area (Å²) in [5, 5.41) is 9.44. The number of hydrogen-bond donors (Lipinski definition) is 1. The molecule has 0 bridgehead atoms. The van der Waals surface area contributed by atoms with Gasteiger partial charge in [-0.05, 0) is 17.4 Å². The Kier molecular flexibility index (Phi) is 1.95. The third-order valence-electron chi connectivity index (χ3n) is 1.62. The van der Waals surface area contributed by atoms with Gasteiger partial charge in [0.2, 0.25) is 0 Å². The number of aliphatic hydroxyl groups excluding tert-OH is 1. The van der Waals surface area contributed by atoms with Crippen LogP contribution in [0.15, 0.2) is 4.40 Å². The third kappa shape index (κ3) is 1.66. The highest BCUT2D eigenvalue weighted by Gasteiger charge is 2.30. The summed E-state index contributed by atoms with van der Waals surface area (Å²) in [6, 6.07) is 0. The summed E-state index contributed by atoms with van der Waals surface area (Å²) >= 11 is 1.50. The predicted octanol–water partition coefficient (Wildman–Crippen LogP) is 2.41. The summed E-state index contributed by atoms with van der Waals surface area (Å²) in [4.78, 5) is 0. The Morgan fingerprint density at radius 3 is 2.40 bits per heavy atom. The molecular formula is C7H13NOS. The van der Waals surface area contributed by atoms with Crippen molar-refractivity contribution in [2.45, 2.75) is 32.4 Å². The Labute approximate surface area is 65.9 Å². The Morgan fingerprint density at radius 1 is 1.60 bits per heavy atom. The average molecular weight is 159 g/mol. The first-order chi connectivity index (χ1) is 4.50. The fraction of sp³-hybridized carbons (Fsp3) is 0.857. The smallest absolute Gasteiger partial charge is 0.193 e. The molecule has 0 spiro atoms. The molecule has 0 radical (unpaired) electrons. The molecule has 0 aliphatic carbocycles. The van der Waals surface area contributed by atoms with Crippen molar-refractivity contribution in [3.8, 4) is 0 Å². The van der Waals surface area contributed by atoms with E-state index < -0.39 is 0 Å². The molecule has 2 nitrogen and oxygen atoms in total. The quantitative estimate of drug-likeness (QED) is 0.550. The van der Waals surface area contributed by atoms with Gasteiger partial charge in [-0.3, -0.25) is 0 Å². The van der Waals surface area contributed by atoms with Crippen LogP contribution in [0.4, 0.5) is 0 Å². The van der Waals surface area contributed by atoms with Gasteiger partial charge in [0.05, 0.1) is 0 Å². The van der Waals surface area contributed by atoms with Gasteiger partial charge in [0, 0.05) is 11.7 Å². The van der Waals surface area contributed by atoms with E-state index in [1.165, 1.54) is 11.9 Å². The van der Waals surface area contributed by atoms with Crippen LogP contribution in [0.3, 0.4) is 0 Å². The normalized spacial score (nSPS) is 26.7. The lowest BCUT2D eigenvalue weighted by Crippen LogP contribution is -2.22. The van der Waals surface area contributed by atoms with Gasteiger partial charge in [-0.2, -0.15) is 4.40 Å². The van der Waals surface area contributed by atoms with Gasteiger partial charge in [-0.25, -0.2) is 0 Å². The topological polar surface area (TPSA) is 32.6 Å². The van der Waals surface area contributed by atoms with Gasteiger partial charge in [-0.1, -0.05) is 20.8 Å². The van der Waals surface area contributed by atoms with E-state index in [1.807, 2.05) is 0 Å². The Hall–Kier alpha value is -0.180. The molecule has 0 saturated heterocycles. The van der Waals surface area contributed by atoms with Crippen molar-refractivity contribution in [2.75, 3.05) is 0 Å². The van der Waals surface area contributed by atoms with Gasteiger partial charge < -0.3 is 5.11 Å². The van der Waals surface area contributed by atoms with E-state index >= 15 is 0 Å². The number of aliphatic hydroxyl groups is 1. The molecule has 10 heavy (non-hydrogen) atoms. The fourth-order valence-corrected chi connectivity index (χ4v) is 1.69. The second kappa shape index (κ2) is 2.46. The van der Waals surface area contributed by atoms with Crippen LogP contribution in [0.25, 0.3) is 0 Å². The van der Waals surface area contributed by atoms with Crippen LogP contribution >= 0.6 is 11.9 Å². The average Bonchev–Trinajstić information content (AvgIpc) is 2.11. The number of rotatable bonds is 0. The van der Waals surface area contributed by atoms with E-state index in [0.29, 0.717) is 11.1 Å². The summed E-state index contributed by atoms with van der Waals surface area (Å²) in [5.41, 5.74) is 0.249. The number of hydrogen-bond acceptors (Lipinski definition) is 2. The first-order valence-electron chi connectivity index (χ1n) is 3.42. The second-order valence-electron chi connectivity index (χ2n) is 3.67. The van der Waals surface area contributed by atoms with Crippen molar-refractivity contribution in [1.82, 2.24) is 0 Å². The molecule has 0 aromatic rings. The van der Waals surface area contributed by atoms with E-state index in [9.17, 15) is 0 Å². The van der Waals surface area contributed by atoms with Crippen LogP contribution in [0, 0.1) is 5.41 Å². The highest BCUT2D eigenvalue weighted by atomic mass is 32.2. The van der Waals surface area contributed by atoms with Crippen molar-refractivity contribution in [3.63, 3.8) is 0 Å². The zero-order valence-corrected chi connectivity index (χ0v) is 7.40. The van der Waals surface area contributed by atoms with Crippen LogP contribution in [0.5, 0.6) is 0 Å². The lowest BCUT2D eigenvalue weighted by molar-refractivity contribution is 0.391. The number of nitrogens with zero attached hydrogens (tertiary/aromatic N) is 1. The molecule has 1 N–H and O–H groups in total. The lowest BCUT2D eigenvalue weighted by atomic mass is 9.90. The van der Waals surface area contributed by atoms with Crippen molar-refractivity contribution in [3.05, 3.63) is 0 Å². The first-order valence-corrected chi connectivity index (χ1v) is 4.25. The van der Waals surface area contributed by atoms with Crippen LogP contribution < -0.4 is 0 Å². The standard InChI is InChI=1S/C7H13NOS/c1-7(2,3)5-4-6(9)8-10-5/h5H,4H2,1-3H3,(H,8,9). The van der Waals surface area contributed by atoms with E-state index in [2.05, 4.69) is 25.2 Å². The monoisotopic (exact) mass is 159 g/mol. The molecule has 3 heteroatoms. The Morgan fingerprint density at radius 2 is 2.20 bits per heavy atom. The maximum absolute atomic E-state index is 8.99. The molecule has 1 rings (SSSR count). The second-order valence-corrected chi connectivity index (χ2v) is 4.63. The first kappa shape index (κ1) is 7.92. The highest BCUT2D eigenvalue weighted by Crippen LogP contribution is 2.37. The van der Waals surface area contributed by atoms with Gasteiger partial charge in [0.15, 0.2) is 5.90 Å². The minimum Gasteiger partial charge on any atom is -0.496 e. The zero-order valence-electron chi connectivity index (χ0n) is 6.59.